The Balaban J connectivity index is 1.82. The van der Waals surface area contributed by atoms with E-state index in [1.54, 1.807) is 0 Å². The van der Waals surface area contributed by atoms with Gasteiger partial charge in [-0.3, -0.25) is 0 Å². The summed E-state index contributed by atoms with van der Waals surface area (Å²) in [6, 6.07) is 0. The number of allylic oxidation sites excluding steroid dienone is 1. The van der Waals surface area contributed by atoms with Crippen LogP contribution in [0.3, 0.4) is 0 Å². The average molecular weight is 320 g/mol. The quantitative estimate of drug-likeness (QED) is 0.597. The van der Waals surface area contributed by atoms with E-state index in [-0.39, 0.29) is 5.60 Å². The van der Waals surface area contributed by atoms with Crippen LogP contribution in [0.2, 0.25) is 0 Å². The number of carboxylic acid groups (broad SMARTS) is 1. The van der Waals surface area contributed by atoms with Crippen LogP contribution in [0.15, 0.2) is 11.6 Å². The van der Waals surface area contributed by atoms with Gasteiger partial charge in [0.25, 0.3) is 0 Å². The number of fused-ring (bicyclic) bond motifs is 2. The molecular formula is C20H32O3. The summed E-state index contributed by atoms with van der Waals surface area (Å²) in [6.45, 7) is 10.3. The van der Waals surface area contributed by atoms with Crippen molar-refractivity contribution in [3.63, 3.8) is 0 Å². The molecule has 1 aliphatic heterocycles. The highest BCUT2D eigenvalue weighted by Crippen LogP contribution is 2.68. The van der Waals surface area contributed by atoms with E-state index in [2.05, 4.69) is 20.8 Å². The molecule has 1 N–H and O–H groups in total. The Morgan fingerprint density at radius 2 is 2.00 bits per heavy atom. The normalized spacial score (nSPS) is 46.5. The van der Waals surface area contributed by atoms with E-state index in [0.29, 0.717) is 22.7 Å². The molecule has 130 valence electrons. The second-order valence-corrected chi connectivity index (χ2v) is 8.92. The number of carbonyl (C=O) groups is 1. The van der Waals surface area contributed by atoms with Crippen molar-refractivity contribution in [1.29, 1.82) is 0 Å². The third kappa shape index (κ3) is 2.65. The number of aliphatic carboxylic acids is 1. The smallest absolute Gasteiger partial charge is 0.328 e. The lowest BCUT2D eigenvalue weighted by molar-refractivity contribution is -0.131. The Bertz CT molecular complexity index is 519. The van der Waals surface area contributed by atoms with Gasteiger partial charge in [0.1, 0.15) is 0 Å². The fourth-order valence-electron chi connectivity index (χ4n) is 5.89. The molecule has 0 unspecified atom stereocenters. The number of ether oxygens (including phenoxy) is 1. The molecule has 3 aliphatic rings. The van der Waals surface area contributed by atoms with Crippen LogP contribution in [0.4, 0.5) is 0 Å². The predicted molar refractivity (Wildman–Crippen MR) is 91.3 cm³/mol. The summed E-state index contributed by atoms with van der Waals surface area (Å²) in [5, 5.41) is 8.95. The number of hydrogen-bond acceptors (Lipinski definition) is 2. The first-order chi connectivity index (χ1) is 10.7. The van der Waals surface area contributed by atoms with Crippen LogP contribution < -0.4 is 0 Å². The zero-order valence-corrected chi connectivity index (χ0v) is 15.2. The minimum Gasteiger partial charge on any atom is -0.478 e. The van der Waals surface area contributed by atoms with E-state index in [0.717, 1.165) is 25.0 Å². The summed E-state index contributed by atoms with van der Waals surface area (Å²) < 4.78 is 6.03. The van der Waals surface area contributed by atoms with Crippen LogP contribution in [0, 0.1) is 22.7 Å². The molecular weight excluding hydrogens is 288 g/mol. The van der Waals surface area contributed by atoms with Gasteiger partial charge in [0.15, 0.2) is 0 Å². The van der Waals surface area contributed by atoms with E-state index in [9.17, 15) is 4.79 Å². The van der Waals surface area contributed by atoms with E-state index < -0.39 is 5.97 Å². The van der Waals surface area contributed by atoms with Crippen LogP contribution in [-0.4, -0.2) is 23.3 Å². The first-order valence-electron chi connectivity index (χ1n) is 9.28. The standard InChI is InChI=1S/C20H32O3/c1-14(12-17(21)22)7-10-18(3)15(2)8-11-19(4)16(18)6-5-9-20(19)13-23-20/h12,15-16H,5-11,13H2,1-4H3,(H,21,22)/b14-12+/t15-,16-,18+,19-,20-/m0/s1. The maximum atomic E-state index is 10.9. The molecule has 0 aromatic heterocycles. The van der Waals surface area contributed by atoms with Crippen LogP contribution in [0.25, 0.3) is 0 Å². The van der Waals surface area contributed by atoms with Crippen molar-refractivity contribution >= 4 is 5.97 Å². The van der Waals surface area contributed by atoms with E-state index >= 15 is 0 Å². The number of carboxylic acids is 1. The van der Waals surface area contributed by atoms with Gasteiger partial charge in [-0.05, 0) is 62.7 Å². The third-order valence-corrected chi connectivity index (χ3v) is 7.82. The number of rotatable bonds is 4. The van der Waals surface area contributed by atoms with Gasteiger partial charge in [-0.15, -0.1) is 0 Å². The Kier molecular flexibility index (Phi) is 4.15. The highest BCUT2D eigenvalue weighted by atomic mass is 16.6. The Hall–Kier alpha value is -0.830. The van der Waals surface area contributed by atoms with Gasteiger partial charge < -0.3 is 9.84 Å². The van der Waals surface area contributed by atoms with Crippen molar-refractivity contribution < 1.29 is 14.6 Å². The first-order valence-corrected chi connectivity index (χ1v) is 9.28. The predicted octanol–water partition coefficient (Wildman–Crippen LogP) is 4.81. The van der Waals surface area contributed by atoms with E-state index in [1.807, 2.05) is 6.92 Å². The highest BCUT2D eigenvalue weighted by Gasteiger charge is 2.67. The molecule has 5 atom stereocenters. The van der Waals surface area contributed by atoms with Crippen molar-refractivity contribution in [2.24, 2.45) is 22.7 Å². The molecule has 0 bridgehead atoms. The van der Waals surface area contributed by atoms with Crippen molar-refractivity contribution in [3.8, 4) is 0 Å². The van der Waals surface area contributed by atoms with Gasteiger partial charge >= 0.3 is 5.97 Å². The molecule has 3 fully saturated rings. The molecule has 0 aromatic rings. The SMILES string of the molecule is C/C(=C\C(=O)O)CC[C@]1(C)[C@@H](C)CC[C@@]2(C)[C@H]1CCC[C@]21CO1. The summed E-state index contributed by atoms with van der Waals surface area (Å²) in [5.41, 5.74) is 1.77. The van der Waals surface area contributed by atoms with Gasteiger partial charge in [0.05, 0.1) is 12.2 Å². The molecule has 3 nitrogen and oxygen atoms in total. The molecule has 0 amide bonds. The summed E-state index contributed by atoms with van der Waals surface area (Å²) in [4.78, 5) is 10.9. The minimum absolute atomic E-state index is 0.170. The number of hydrogen-bond donors (Lipinski definition) is 1. The van der Waals surface area contributed by atoms with Gasteiger partial charge in [0, 0.05) is 11.5 Å². The fourth-order valence-corrected chi connectivity index (χ4v) is 5.89. The van der Waals surface area contributed by atoms with Gasteiger partial charge in [-0.25, -0.2) is 4.79 Å². The zero-order valence-electron chi connectivity index (χ0n) is 15.2. The van der Waals surface area contributed by atoms with Crippen LogP contribution in [0.5, 0.6) is 0 Å². The molecule has 3 heteroatoms. The van der Waals surface area contributed by atoms with Crippen molar-refractivity contribution in [1.82, 2.24) is 0 Å². The molecule has 0 radical (unpaired) electrons. The maximum Gasteiger partial charge on any atom is 0.328 e. The third-order valence-electron chi connectivity index (χ3n) is 7.82. The fraction of sp³-hybridized carbons (Fsp3) is 0.850. The van der Waals surface area contributed by atoms with Crippen LogP contribution in [-0.2, 0) is 9.53 Å². The molecule has 3 rings (SSSR count). The highest BCUT2D eigenvalue weighted by molar-refractivity contribution is 5.80. The van der Waals surface area contributed by atoms with E-state index in [4.69, 9.17) is 9.84 Å². The van der Waals surface area contributed by atoms with Crippen molar-refractivity contribution in [2.45, 2.75) is 78.2 Å². The molecule has 1 saturated heterocycles. The van der Waals surface area contributed by atoms with Crippen molar-refractivity contribution in [2.75, 3.05) is 6.61 Å². The molecule has 1 spiro atoms. The van der Waals surface area contributed by atoms with Crippen molar-refractivity contribution in [3.05, 3.63) is 11.6 Å². The Morgan fingerprint density at radius 3 is 2.61 bits per heavy atom. The molecule has 1 heterocycles. The lowest BCUT2D eigenvalue weighted by Crippen LogP contribution is -2.56. The van der Waals surface area contributed by atoms with Gasteiger partial charge in [-0.2, -0.15) is 0 Å². The van der Waals surface area contributed by atoms with Crippen LogP contribution in [0.1, 0.15) is 72.6 Å². The average Bonchev–Trinajstić information content (AvgIpc) is 3.25. The molecule has 2 saturated carbocycles. The second kappa shape index (κ2) is 5.61. The summed E-state index contributed by atoms with van der Waals surface area (Å²) in [6.07, 6.45) is 9.77. The largest absolute Gasteiger partial charge is 0.478 e. The maximum absolute atomic E-state index is 10.9. The molecule has 2 aliphatic carbocycles. The molecule has 0 aromatic carbocycles. The molecule has 23 heavy (non-hydrogen) atoms. The first kappa shape index (κ1) is 17.0. The monoisotopic (exact) mass is 320 g/mol. The van der Waals surface area contributed by atoms with Crippen LogP contribution >= 0.6 is 0 Å². The summed E-state index contributed by atoms with van der Waals surface area (Å²) in [5.74, 6) is 0.580. The second-order valence-electron chi connectivity index (χ2n) is 8.92. The lowest BCUT2D eigenvalue weighted by atomic mass is 9.44. The minimum atomic E-state index is -0.822. The van der Waals surface area contributed by atoms with Gasteiger partial charge in [-0.1, -0.05) is 32.8 Å². The number of epoxide rings is 1. The summed E-state index contributed by atoms with van der Waals surface area (Å²) in [7, 11) is 0. The Morgan fingerprint density at radius 1 is 1.30 bits per heavy atom. The van der Waals surface area contributed by atoms with E-state index in [1.165, 1.54) is 38.2 Å². The Labute approximate surface area is 140 Å². The lowest BCUT2D eigenvalue weighted by Gasteiger charge is -2.60. The topological polar surface area (TPSA) is 49.8 Å². The van der Waals surface area contributed by atoms with Gasteiger partial charge in [0.2, 0.25) is 0 Å². The summed E-state index contributed by atoms with van der Waals surface area (Å²) >= 11 is 0. The zero-order chi connectivity index (χ0) is 16.9.